The van der Waals surface area contributed by atoms with Crippen LogP contribution in [0.3, 0.4) is 0 Å². The van der Waals surface area contributed by atoms with Crippen LogP contribution in [0.15, 0.2) is 0 Å². The number of nitrogens with zero attached hydrogens (tertiary/aromatic N) is 2. The summed E-state index contributed by atoms with van der Waals surface area (Å²) in [6, 6.07) is 0.496. The molecule has 0 atom stereocenters. The summed E-state index contributed by atoms with van der Waals surface area (Å²) in [6.07, 6.45) is 1.95. The Kier molecular flexibility index (Phi) is 7.91. The van der Waals surface area contributed by atoms with Crippen molar-refractivity contribution in [2.24, 2.45) is 11.8 Å². The van der Waals surface area contributed by atoms with E-state index < -0.39 is 5.92 Å². The molecule has 2 saturated heterocycles. The van der Waals surface area contributed by atoms with Crippen LogP contribution in [-0.4, -0.2) is 53.9 Å². The lowest BCUT2D eigenvalue weighted by Crippen LogP contribution is -2.50. The van der Waals surface area contributed by atoms with Gasteiger partial charge in [-0.2, -0.15) is 0 Å². The quantitative estimate of drug-likeness (QED) is 0.762. The first kappa shape index (κ1) is 20.3. The number of carbonyl (C=O) groups excluding carboxylic acids is 1. The summed E-state index contributed by atoms with van der Waals surface area (Å²) in [5.74, 6) is -1.96. The summed E-state index contributed by atoms with van der Waals surface area (Å²) in [6.45, 7) is 12.7. The molecule has 0 radical (unpaired) electrons. The number of rotatable bonds is 2. The summed E-state index contributed by atoms with van der Waals surface area (Å²) >= 11 is 0. The summed E-state index contributed by atoms with van der Waals surface area (Å²) in [7, 11) is 0. The van der Waals surface area contributed by atoms with Crippen molar-refractivity contribution < 1.29 is 13.6 Å². The maximum atomic E-state index is 13.3. The Morgan fingerprint density at radius 2 is 1.57 bits per heavy atom. The smallest absolute Gasteiger partial charge is 0.265 e. The van der Waals surface area contributed by atoms with Gasteiger partial charge in [-0.15, -0.1) is 0 Å². The molecule has 136 valence electrons. The Balaban J connectivity index is 0.000000593. The molecule has 2 aliphatic heterocycles. The highest BCUT2D eigenvalue weighted by Gasteiger charge is 2.39. The number of amides is 1. The van der Waals surface area contributed by atoms with E-state index in [1.54, 1.807) is 0 Å². The lowest BCUT2D eigenvalue weighted by atomic mass is 9.93. The fourth-order valence-corrected chi connectivity index (χ4v) is 3.08. The summed E-state index contributed by atoms with van der Waals surface area (Å²) in [5, 5.41) is 0. The highest BCUT2D eigenvalue weighted by molar-refractivity contribution is 5.79. The van der Waals surface area contributed by atoms with Crippen LogP contribution in [0.25, 0.3) is 0 Å². The van der Waals surface area contributed by atoms with Crippen molar-refractivity contribution in [2.75, 3.05) is 26.2 Å². The zero-order valence-corrected chi connectivity index (χ0v) is 15.4. The Hall–Kier alpha value is -0.710. The zero-order valence-electron chi connectivity index (χ0n) is 15.4. The van der Waals surface area contributed by atoms with Crippen molar-refractivity contribution in [3.05, 3.63) is 0 Å². The van der Waals surface area contributed by atoms with Crippen molar-refractivity contribution in [1.82, 2.24) is 9.80 Å². The number of likely N-dealkylation sites (tertiary alicyclic amines) is 2. The minimum Gasteiger partial charge on any atom is -0.336 e. The normalized spacial score (nSPS) is 22.9. The van der Waals surface area contributed by atoms with E-state index in [9.17, 15) is 13.6 Å². The molecule has 0 aliphatic carbocycles. The lowest BCUT2D eigenvalue weighted by Gasteiger charge is -2.38. The first-order valence-corrected chi connectivity index (χ1v) is 9.03. The van der Waals surface area contributed by atoms with E-state index in [0.29, 0.717) is 19.0 Å². The minimum absolute atomic E-state index is 0.0519. The number of alkyl halides is 2. The molecular formula is C18H34F2N2O. The van der Waals surface area contributed by atoms with Crippen LogP contribution in [0.5, 0.6) is 0 Å². The summed E-state index contributed by atoms with van der Waals surface area (Å²) in [5.41, 5.74) is 0. The molecule has 23 heavy (non-hydrogen) atoms. The monoisotopic (exact) mass is 332 g/mol. The molecule has 0 bridgehead atoms. The molecule has 0 N–H and O–H groups in total. The predicted octanol–water partition coefficient (Wildman–Crippen LogP) is 4.03. The van der Waals surface area contributed by atoms with Crippen LogP contribution in [0.2, 0.25) is 0 Å². The molecule has 2 fully saturated rings. The average molecular weight is 332 g/mol. The standard InChI is InChI=1S/C14H24F2N2O.C4H10/c1-11(2)17-8-4-12(5-9-17)13(19)18-7-3-6-14(15,16)10-18;1-4(2)3/h11-12H,3-10H2,1-2H3;4H,1-3H3. The molecule has 0 aromatic heterocycles. The molecule has 3 nitrogen and oxygen atoms in total. The van der Waals surface area contributed by atoms with Crippen LogP contribution in [0, 0.1) is 11.8 Å². The molecule has 5 heteroatoms. The van der Waals surface area contributed by atoms with E-state index in [1.807, 2.05) is 0 Å². The number of hydrogen-bond acceptors (Lipinski definition) is 2. The van der Waals surface area contributed by atoms with Crippen molar-refractivity contribution >= 4 is 5.91 Å². The molecular weight excluding hydrogens is 298 g/mol. The highest BCUT2D eigenvalue weighted by atomic mass is 19.3. The topological polar surface area (TPSA) is 23.6 Å². The Morgan fingerprint density at radius 1 is 1.04 bits per heavy atom. The Labute approximate surface area is 140 Å². The van der Waals surface area contributed by atoms with Gasteiger partial charge in [0.05, 0.1) is 6.54 Å². The van der Waals surface area contributed by atoms with Gasteiger partial charge in [-0.05, 0) is 52.1 Å². The Bertz CT molecular complexity index is 361. The molecule has 2 aliphatic rings. The van der Waals surface area contributed by atoms with Gasteiger partial charge in [0.1, 0.15) is 0 Å². The van der Waals surface area contributed by atoms with Gasteiger partial charge in [0.15, 0.2) is 0 Å². The molecule has 0 aromatic rings. The van der Waals surface area contributed by atoms with Gasteiger partial charge < -0.3 is 9.80 Å². The molecule has 0 saturated carbocycles. The van der Waals surface area contributed by atoms with E-state index in [0.717, 1.165) is 31.8 Å². The maximum absolute atomic E-state index is 13.3. The van der Waals surface area contributed by atoms with Gasteiger partial charge in [0.2, 0.25) is 5.91 Å². The third-order valence-electron chi connectivity index (χ3n) is 4.31. The van der Waals surface area contributed by atoms with Crippen molar-refractivity contribution in [2.45, 2.75) is 72.3 Å². The van der Waals surface area contributed by atoms with Crippen LogP contribution in [0.4, 0.5) is 8.78 Å². The third kappa shape index (κ3) is 7.15. The second-order valence-corrected chi connectivity index (χ2v) is 7.86. The number of carbonyl (C=O) groups is 1. The van der Waals surface area contributed by atoms with Crippen molar-refractivity contribution in [1.29, 1.82) is 0 Å². The van der Waals surface area contributed by atoms with Crippen LogP contribution >= 0.6 is 0 Å². The van der Waals surface area contributed by atoms with Crippen LogP contribution in [0.1, 0.15) is 60.3 Å². The predicted molar refractivity (Wildman–Crippen MR) is 90.7 cm³/mol. The van der Waals surface area contributed by atoms with Crippen molar-refractivity contribution in [3.63, 3.8) is 0 Å². The van der Waals surface area contributed by atoms with Gasteiger partial charge in [0.25, 0.3) is 5.92 Å². The van der Waals surface area contributed by atoms with E-state index in [2.05, 4.69) is 39.5 Å². The largest absolute Gasteiger partial charge is 0.336 e. The SMILES string of the molecule is CC(C)C.CC(C)N1CCC(C(=O)N2CCCC(F)(F)C2)CC1. The second kappa shape index (κ2) is 8.95. The van der Waals surface area contributed by atoms with E-state index in [1.165, 1.54) is 4.90 Å². The molecule has 0 aromatic carbocycles. The number of piperidine rings is 2. The molecule has 0 spiro atoms. The van der Waals surface area contributed by atoms with Gasteiger partial charge in [-0.1, -0.05) is 20.8 Å². The second-order valence-electron chi connectivity index (χ2n) is 7.86. The summed E-state index contributed by atoms with van der Waals surface area (Å²) < 4.78 is 26.7. The van der Waals surface area contributed by atoms with Crippen LogP contribution in [-0.2, 0) is 4.79 Å². The zero-order chi connectivity index (χ0) is 17.6. The minimum atomic E-state index is -2.69. The van der Waals surface area contributed by atoms with E-state index in [4.69, 9.17) is 0 Å². The maximum Gasteiger partial charge on any atom is 0.265 e. The lowest BCUT2D eigenvalue weighted by molar-refractivity contribution is -0.147. The molecule has 0 unspecified atom stereocenters. The Morgan fingerprint density at radius 3 is 2.00 bits per heavy atom. The highest BCUT2D eigenvalue weighted by Crippen LogP contribution is 2.29. The van der Waals surface area contributed by atoms with E-state index >= 15 is 0 Å². The van der Waals surface area contributed by atoms with Crippen molar-refractivity contribution in [3.8, 4) is 0 Å². The van der Waals surface area contributed by atoms with E-state index in [-0.39, 0.29) is 24.8 Å². The fourth-order valence-electron chi connectivity index (χ4n) is 3.08. The summed E-state index contributed by atoms with van der Waals surface area (Å²) in [4.78, 5) is 16.0. The first-order valence-electron chi connectivity index (χ1n) is 9.03. The number of hydrogen-bond donors (Lipinski definition) is 0. The number of halogens is 2. The third-order valence-corrected chi connectivity index (χ3v) is 4.31. The molecule has 2 rings (SSSR count). The van der Waals surface area contributed by atoms with Gasteiger partial charge in [-0.25, -0.2) is 8.78 Å². The average Bonchev–Trinajstić information content (AvgIpc) is 2.45. The molecule has 2 heterocycles. The molecule has 1 amide bonds. The fraction of sp³-hybridized carbons (Fsp3) is 0.944. The van der Waals surface area contributed by atoms with Gasteiger partial charge in [0, 0.05) is 24.9 Å². The van der Waals surface area contributed by atoms with Gasteiger partial charge in [-0.3, -0.25) is 4.79 Å². The van der Waals surface area contributed by atoms with Crippen LogP contribution < -0.4 is 0 Å². The van der Waals surface area contributed by atoms with Gasteiger partial charge >= 0.3 is 0 Å². The first-order chi connectivity index (χ1) is 10.6.